The minimum absolute atomic E-state index is 0.0787. The van der Waals surface area contributed by atoms with Crippen LogP contribution in [-0.4, -0.2) is 37.6 Å². The van der Waals surface area contributed by atoms with Crippen LogP contribution in [0.2, 0.25) is 10.0 Å². The molecule has 0 spiro atoms. The lowest BCUT2D eigenvalue weighted by molar-refractivity contribution is -0.207. The van der Waals surface area contributed by atoms with Crippen LogP contribution in [0, 0.1) is 0 Å². The van der Waals surface area contributed by atoms with Crippen LogP contribution in [0.5, 0.6) is 0 Å². The molecule has 7 nitrogen and oxygen atoms in total. The number of benzene rings is 3. The molecule has 0 aliphatic carbocycles. The maximum absolute atomic E-state index is 13.1. The van der Waals surface area contributed by atoms with Crippen molar-refractivity contribution in [2.75, 3.05) is 0 Å². The first-order valence-corrected chi connectivity index (χ1v) is 11.6. The second-order valence-corrected chi connectivity index (χ2v) is 9.01. The Bertz CT molecular complexity index is 1520. The van der Waals surface area contributed by atoms with Crippen molar-refractivity contribution >= 4 is 29.1 Å². The maximum Gasteiger partial charge on any atom is 0.416 e. The second-order valence-electron chi connectivity index (χ2n) is 8.16. The summed E-state index contributed by atoms with van der Waals surface area (Å²) in [4.78, 5) is 25.2. The quantitative estimate of drug-likeness (QED) is 0.346. The summed E-state index contributed by atoms with van der Waals surface area (Å²) in [6.07, 6.45) is -7.72. The lowest BCUT2D eigenvalue weighted by atomic mass is 9.96. The van der Waals surface area contributed by atoms with Crippen LogP contribution in [0.3, 0.4) is 0 Å². The third-order valence-electron chi connectivity index (χ3n) is 5.60. The number of halogens is 5. The molecule has 192 valence electrons. The van der Waals surface area contributed by atoms with Gasteiger partial charge in [0, 0.05) is 26.7 Å². The van der Waals surface area contributed by atoms with Crippen molar-refractivity contribution in [1.82, 2.24) is 14.3 Å². The van der Waals surface area contributed by atoms with Crippen LogP contribution >= 0.6 is 23.2 Å². The van der Waals surface area contributed by atoms with Gasteiger partial charge >= 0.3 is 11.9 Å². The van der Waals surface area contributed by atoms with E-state index in [0.29, 0.717) is 32.3 Å². The Morgan fingerprint density at radius 2 is 1.70 bits per heavy atom. The van der Waals surface area contributed by atoms with Crippen molar-refractivity contribution in [2.24, 2.45) is 5.73 Å². The predicted molar refractivity (Wildman–Crippen MR) is 134 cm³/mol. The number of rotatable bonds is 7. The molecule has 0 saturated carbocycles. The second kappa shape index (κ2) is 10.4. The van der Waals surface area contributed by atoms with Crippen LogP contribution in [0.1, 0.15) is 15.9 Å². The number of carbonyl (C=O) groups excluding carboxylic acids is 1. The van der Waals surface area contributed by atoms with Crippen LogP contribution in [-0.2, 0) is 13.1 Å². The van der Waals surface area contributed by atoms with Crippen LogP contribution in [0.4, 0.5) is 13.2 Å². The highest BCUT2D eigenvalue weighted by molar-refractivity contribution is 6.33. The highest BCUT2D eigenvalue weighted by Crippen LogP contribution is 2.31. The van der Waals surface area contributed by atoms with Crippen LogP contribution in [0.25, 0.3) is 22.5 Å². The Morgan fingerprint density at radius 1 is 1.03 bits per heavy atom. The molecule has 3 N–H and O–H groups in total. The molecule has 0 radical (unpaired) electrons. The normalized spacial score (nSPS) is 12.5. The van der Waals surface area contributed by atoms with E-state index < -0.39 is 30.4 Å². The number of alkyl halides is 3. The number of aromatic nitrogens is 3. The van der Waals surface area contributed by atoms with Gasteiger partial charge in [0.1, 0.15) is 0 Å². The van der Waals surface area contributed by atoms with Gasteiger partial charge in [-0.25, -0.2) is 9.48 Å². The van der Waals surface area contributed by atoms with Gasteiger partial charge < -0.3 is 10.8 Å². The monoisotopic (exact) mass is 550 g/mol. The minimum atomic E-state index is -4.94. The van der Waals surface area contributed by atoms with Gasteiger partial charge in [-0.1, -0.05) is 47.5 Å². The lowest BCUT2D eigenvalue weighted by Gasteiger charge is -2.15. The number of aliphatic hydroxyl groups is 1. The Balaban J connectivity index is 1.80. The van der Waals surface area contributed by atoms with Gasteiger partial charge in [-0.2, -0.15) is 13.2 Å². The van der Waals surface area contributed by atoms with E-state index in [4.69, 9.17) is 28.9 Å². The van der Waals surface area contributed by atoms with Gasteiger partial charge in [0.05, 0.1) is 13.1 Å². The summed E-state index contributed by atoms with van der Waals surface area (Å²) in [6, 6.07) is 17.5. The van der Waals surface area contributed by atoms with E-state index >= 15 is 0 Å². The van der Waals surface area contributed by atoms with Gasteiger partial charge in [0.15, 0.2) is 11.9 Å². The molecule has 1 aromatic heterocycles. The van der Waals surface area contributed by atoms with Gasteiger partial charge in [-0.05, 0) is 53.6 Å². The summed E-state index contributed by atoms with van der Waals surface area (Å²) in [5, 5.41) is 14.6. The van der Waals surface area contributed by atoms with Crippen molar-refractivity contribution < 1.29 is 23.1 Å². The fraction of sp³-hybridized carbons (Fsp3) is 0.160. The van der Waals surface area contributed by atoms with E-state index in [9.17, 15) is 27.9 Å². The molecular weight excluding hydrogens is 532 g/mol. The van der Waals surface area contributed by atoms with E-state index in [1.54, 1.807) is 36.4 Å². The van der Waals surface area contributed by atoms with E-state index in [0.717, 1.165) is 9.25 Å². The topological polar surface area (TPSA) is 103 Å². The summed E-state index contributed by atoms with van der Waals surface area (Å²) in [5.41, 5.74) is 6.65. The zero-order chi connectivity index (χ0) is 26.9. The number of carbonyl (C=O) groups is 1. The van der Waals surface area contributed by atoms with Crippen LogP contribution < -0.4 is 11.4 Å². The summed E-state index contributed by atoms with van der Waals surface area (Å²) >= 11 is 12.2. The molecule has 0 aliphatic rings. The van der Waals surface area contributed by atoms with Crippen molar-refractivity contribution in [3.8, 4) is 22.5 Å². The maximum atomic E-state index is 13.1. The van der Waals surface area contributed by atoms with E-state index in [2.05, 4.69) is 5.10 Å². The molecule has 37 heavy (non-hydrogen) atoms. The Kier molecular flexibility index (Phi) is 7.44. The third-order valence-corrected chi connectivity index (χ3v) is 6.19. The Labute approximate surface area is 218 Å². The molecule has 1 atom stereocenters. The lowest BCUT2D eigenvalue weighted by Crippen LogP contribution is -2.37. The van der Waals surface area contributed by atoms with Crippen LogP contribution in [0.15, 0.2) is 71.5 Å². The molecule has 1 heterocycles. The number of amides is 1. The molecule has 4 aromatic rings. The number of hydrogen-bond acceptors (Lipinski definition) is 4. The van der Waals surface area contributed by atoms with Gasteiger partial charge in [-0.3, -0.25) is 9.36 Å². The SMILES string of the molecule is NC(=O)c1ccc(Cn2nc(-c3ccc(Cl)cc3)n(C[C@H](O)C(F)(F)F)c2=O)cc1-c1ccccc1Cl. The minimum Gasteiger partial charge on any atom is -0.382 e. The van der Waals surface area contributed by atoms with Gasteiger partial charge in [0.2, 0.25) is 5.91 Å². The standard InChI is InChI=1S/C25H19Cl2F3N4O3/c26-16-8-6-15(7-9-16)23-32-34(24(37)33(23)13-21(35)25(28,29)30)12-14-5-10-18(22(31)36)19(11-14)17-3-1-2-4-20(17)27/h1-11,21,35H,12-13H2,(H2,31,36)/t21-/m0/s1. The van der Waals surface area contributed by atoms with Gasteiger partial charge in [0.25, 0.3) is 0 Å². The smallest absolute Gasteiger partial charge is 0.382 e. The largest absolute Gasteiger partial charge is 0.416 e. The first-order valence-electron chi connectivity index (χ1n) is 10.8. The van der Waals surface area contributed by atoms with Crippen molar-refractivity contribution in [3.63, 3.8) is 0 Å². The van der Waals surface area contributed by atoms with Crippen molar-refractivity contribution in [1.29, 1.82) is 0 Å². The summed E-state index contributed by atoms with van der Waals surface area (Å²) in [7, 11) is 0. The molecule has 1 amide bonds. The Morgan fingerprint density at radius 3 is 2.32 bits per heavy atom. The number of nitrogens with two attached hydrogens (primary N) is 1. The molecule has 0 unspecified atom stereocenters. The summed E-state index contributed by atoms with van der Waals surface area (Å²) in [5.74, 6) is -0.765. The number of aliphatic hydroxyl groups excluding tert-OH is 1. The fourth-order valence-corrected chi connectivity index (χ4v) is 4.14. The zero-order valence-corrected chi connectivity index (χ0v) is 20.4. The van der Waals surface area contributed by atoms with E-state index in [-0.39, 0.29) is 17.9 Å². The molecule has 12 heteroatoms. The molecule has 3 aromatic carbocycles. The first-order chi connectivity index (χ1) is 17.5. The average molecular weight is 551 g/mol. The van der Waals surface area contributed by atoms with Crippen molar-refractivity contribution in [2.45, 2.75) is 25.4 Å². The molecular formula is C25H19Cl2F3N4O3. The number of nitrogens with zero attached hydrogens (tertiary/aromatic N) is 3. The zero-order valence-electron chi connectivity index (χ0n) is 18.9. The number of hydrogen-bond donors (Lipinski definition) is 2. The van der Waals surface area contributed by atoms with Crippen molar-refractivity contribution in [3.05, 3.63) is 98.4 Å². The molecule has 0 bridgehead atoms. The molecule has 0 aliphatic heterocycles. The Hall–Kier alpha value is -3.60. The molecule has 0 fully saturated rings. The highest BCUT2D eigenvalue weighted by atomic mass is 35.5. The fourth-order valence-electron chi connectivity index (χ4n) is 3.78. The molecule has 4 rings (SSSR count). The first kappa shape index (κ1) is 26.5. The summed E-state index contributed by atoms with van der Waals surface area (Å²) in [6.45, 7) is -1.20. The summed E-state index contributed by atoms with van der Waals surface area (Å²) < 4.78 is 41.0. The highest BCUT2D eigenvalue weighted by Gasteiger charge is 2.39. The number of primary amides is 1. The van der Waals surface area contributed by atoms with E-state index in [1.165, 1.54) is 30.3 Å². The van der Waals surface area contributed by atoms with E-state index in [1.807, 2.05) is 0 Å². The predicted octanol–water partition coefficient (Wildman–Crippen LogP) is 4.76. The third kappa shape index (κ3) is 5.71. The molecule has 0 saturated heterocycles. The van der Waals surface area contributed by atoms with Gasteiger partial charge in [-0.15, -0.1) is 5.10 Å². The average Bonchev–Trinajstić information content (AvgIpc) is 3.14.